The first-order chi connectivity index (χ1) is 6.27. The lowest BCUT2D eigenvalue weighted by Gasteiger charge is -2.05. The molecule has 0 radical (unpaired) electrons. The zero-order valence-electron chi connectivity index (χ0n) is 7.12. The molecule has 0 saturated carbocycles. The van der Waals surface area contributed by atoms with Crippen LogP contribution in [0.3, 0.4) is 0 Å². The van der Waals surface area contributed by atoms with Crippen LogP contribution in [-0.4, -0.2) is 18.1 Å². The Labute approximate surface area is 86.2 Å². The predicted octanol–water partition coefficient (Wildman–Crippen LogP) is 2.55. The molecule has 4 heteroatoms. The van der Waals surface area contributed by atoms with Crippen LogP contribution >= 0.6 is 23.4 Å². The Bertz CT molecular complexity index is 301. The van der Waals surface area contributed by atoms with Gasteiger partial charge in [0.05, 0.1) is 0 Å². The number of ether oxygens (including phenoxy) is 1. The van der Waals surface area contributed by atoms with E-state index in [0.29, 0.717) is 5.75 Å². The van der Waals surface area contributed by atoms with Crippen molar-refractivity contribution in [3.05, 3.63) is 24.3 Å². The lowest BCUT2D eigenvalue weighted by Crippen LogP contribution is -2.09. The molecule has 0 aliphatic carbocycles. The molecule has 0 aliphatic heterocycles. The number of halogens is 1. The van der Waals surface area contributed by atoms with E-state index >= 15 is 0 Å². The molecule has 0 amide bonds. The smallest absolute Gasteiger partial charge is 0.326 e. The highest BCUT2D eigenvalue weighted by Gasteiger charge is 2.06. The molecule has 0 fully saturated rings. The van der Waals surface area contributed by atoms with Gasteiger partial charge in [-0.05, 0) is 18.4 Å². The molecular formula is C9H9ClO2S. The number of hydrogen-bond acceptors (Lipinski definition) is 3. The molecule has 13 heavy (non-hydrogen) atoms. The SMILES string of the molecule is CSc1ccccc1OC(=O)CCl. The molecule has 0 heterocycles. The van der Waals surface area contributed by atoms with Crippen molar-refractivity contribution in [3.8, 4) is 5.75 Å². The minimum atomic E-state index is -0.428. The summed E-state index contributed by atoms with van der Waals surface area (Å²) in [6.07, 6.45) is 1.92. The first-order valence-electron chi connectivity index (χ1n) is 3.67. The monoisotopic (exact) mass is 216 g/mol. The van der Waals surface area contributed by atoms with Crippen LogP contribution in [0.4, 0.5) is 0 Å². The summed E-state index contributed by atoms with van der Waals surface area (Å²) in [5.41, 5.74) is 0. The number of carbonyl (C=O) groups excluding carboxylic acids is 1. The van der Waals surface area contributed by atoms with Crippen molar-refractivity contribution in [2.45, 2.75) is 4.90 Å². The maximum Gasteiger partial charge on any atom is 0.326 e. The number of esters is 1. The molecule has 70 valence electrons. The van der Waals surface area contributed by atoms with E-state index in [1.54, 1.807) is 6.07 Å². The molecule has 1 aromatic rings. The highest BCUT2D eigenvalue weighted by atomic mass is 35.5. The Morgan fingerprint density at radius 1 is 1.54 bits per heavy atom. The van der Waals surface area contributed by atoms with Crippen molar-refractivity contribution in [1.82, 2.24) is 0 Å². The summed E-state index contributed by atoms with van der Waals surface area (Å²) in [5, 5.41) is 0. The number of hydrogen-bond donors (Lipinski definition) is 0. The van der Waals surface area contributed by atoms with Crippen molar-refractivity contribution < 1.29 is 9.53 Å². The summed E-state index contributed by atoms with van der Waals surface area (Å²) in [6.45, 7) is 0. The molecule has 0 bridgehead atoms. The minimum absolute atomic E-state index is 0.122. The van der Waals surface area contributed by atoms with Crippen molar-refractivity contribution in [2.75, 3.05) is 12.1 Å². The Morgan fingerprint density at radius 3 is 2.85 bits per heavy atom. The third kappa shape index (κ3) is 2.94. The normalized spacial score (nSPS) is 9.69. The molecule has 0 aliphatic rings. The van der Waals surface area contributed by atoms with Gasteiger partial charge in [0.2, 0.25) is 0 Å². The Hall–Kier alpha value is -0.670. The van der Waals surface area contributed by atoms with Gasteiger partial charge in [0, 0.05) is 4.90 Å². The number of alkyl halides is 1. The number of carbonyl (C=O) groups is 1. The molecule has 0 atom stereocenters. The minimum Gasteiger partial charge on any atom is -0.424 e. The fourth-order valence-electron chi connectivity index (χ4n) is 0.853. The maximum absolute atomic E-state index is 10.9. The van der Waals surface area contributed by atoms with Gasteiger partial charge in [-0.3, -0.25) is 4.79 Å². The Kier molecular flexibility index (Phi) is 4.12. The van der Waals surface area contributed by atoms with Crippen molar-refractivity contribution in [1.29, 1.82) is 0 Å². The van der Waals surface area contributed by atoms with Crippen LogP contribution in [-0.2, 0) is 4.79 Å². The van der Waals surface area contributed by atoms with Gasteiger partial charge in [0.1, 0.15) is 11.6 Å². The second-order valence-electron chi connectivity index (χ2n) is 2.26. The van der Waals surface area contributed by atoms with Gasteiger partial charge in [-0.2, -0.15) is 0 Å². The summed E-state index contributed by atoms with van der Waals surface area (Å²) < 4.78 is 4.99. The van der Waals surface area contributed by atoms with Crippen LogP contribution in [0, 0.1) is 0 Å². The van der Waals surface area contributed by atoms with E-state index in [9.17, 15) is 4.79 Å². The average molecular weight is 217 g/mol. The molecule has 1 rings (SSSR count). The zero-order chi connectivity index (χ0) is 9.68. The van der Waals surface area contributed by atoms with Crippen LogP contribution in [0.2, 0.25) is 0 Å². The molecular weight excluding hydrogens is 208 g/mol. The summed E-state index contributed by atoms with van der Waals surface area (Å²) >= 11 is 6.84. The van der Waals surface area contributed by atoms with Crippen molar-refractivity contribution in [2.24, 2.45) is 0 Å². The van der Waals surface area contributed by atoms with Crippen LogP contribution in [0.15, 0.2) is 29.2 Å². The summed E-state index contributed by atoms with van der Waals surface area (Å²) in [6, 6.07) is 7.35. The van der Waals surface area contributed by atoms with E-state index in [-0.39, 0.29) is 5.88 Å². The van der Waals surface area contributed by atoms with E-state index < -0.39 is 5.97 Å². The Morgan fingerprint density at radius 2 is 2.23 bits per heavy atom. The van der Waals surface area contributed by atoms with E-state index in [1.165, 1.54) is 11.8 Å². The van der Waals surface area contributed by atoms with E-state index in [0.717, 1.165) is 4.90 Å². The van der Waals surface area contributed by atoms with Crippen LogP contribution in [0.5, 0.6) is 5.75 Å². The summed E-state index contributed by atoms with van der Waals surface area (Å²) in [4.78, 5) is 11.8. The lowest BCUT2D eigenvalue weighted by molar-refractivity contribution is -0.131. The van der Waals surface area contributed by atoms with Gasteiger partial charge in [-0.25, -0.2) is 0 Å². The maximum atomic E-state index is 10.9. The standard InChI is InChI=1S/C9H9ClO2S/c1-13-8-5-3-2-4-7(8)12-9(11)6-10/h2-5H,6H2,1H3. The number of benzene rings is 1. The molecule has 0 spiro atoms. The number of rotatable bonds is 3. The number of thioether (sulfide) groups is 1. The Balaban J connectivity index is 2.81. The summed E-state index contributed by atoms with van der Waals surface area (Å²) in [7, 11) is 0. The fourth-order valence-corrected chi connectivity index (χ4v) is 1.43. The van der Waals surface area contributed by atoms with Gasteiger partial charge in [-0.15, -0.1) is 23.4 Å². The van der Waals surface area contributed by atoms with Gasteiger partial charge in [0.15, 0.2) is 0 Å². The molecule has 0 aromatic heterocycles. The predicted molar refractivity (Wildman–Crippen MR) is 54.6 cm³/mol. The van der Waals surface area contributed by atoms with Crippen molar-refractivity contribution >= 4 is 29.3 Å². The molecule has 0 unspecified atom stereocenters. The molecule has 0 N–H and O–H groups in total. The third-order valence-corrected chi connectivity index (χ3v) is 2.40. The second-order valence-corrected chi connectivity index (χ2v) is 3.37. The zero-order valence-corrected chi connectivity index (χ0v) is 8.69. The molecule has 1 aromatic carbocycles. The number of para-hydroxylation sites is 1. The first kappa shape index (κ1) is 10.4. The van der Waals surface area contributed by atoms with Crippen molar-refractivity contribution in [3.63, 3.8) is 0 Å². The van der Waals surface area contributed by atoms with E-state index in [4.69, 9.17) is 16.3 Å². The largest absolute Gasteiger partial charge is 0.424 e. The van der Waals surface area contributed by atoms with Crippen LogP contribution in [0.1, 0.15) is 0 Å². The third-order valence-electron chi connectivity index (χ3n) is 1.40. The molecule has 2 nitrogen and oxygen atoms in total. The second kappa shape index (κ2) is 5.14. The van der Waals surface area contributed by atoms with Crippen LogP contribution < -0.4 is 4.74 Å². The van der Waals surface area contributed by atoms with E-state index in [1.807, 2.05) is 24.5 Å². The van der Waals surface area contributed by atoms with Gasteiger partial charge < -0.3 is 4.74 Å². The quantitative estimate of drug-likeness (QED) is 0.336. The topological polar surface area (TPSA) is 26.3 Å². The van der Waals surface area contributed by atoms with Crippen LogP contribution in [0.25, 0.3) is 0 Å². The fraction of sp³-hybridized carbons (Fsp3) is 0.222. The molecule has 0 saturated heterocycles. The first-order valence-corrected chi connectivity index (χ1v) is 5.43. The van der Waals surface area contributed by atoms with Gasteiger partial charge >= 0.3 is 5.97 Å². The average Bonchev–Trinajstić information content (AvgIpc) is 2.18. The van der Waals surface area contributed by atoms with Gasteiger partial charge in [0.25, 0.3) is 0 Å². The van der Waals surface area contributed by atoms with Gasteiger partial charge in [-0.1, -0.05) is 12.1 Å². The highest BCUT2D eigenvalue weighted by molar-refractivity contribution is 7.98. The lowest BCUT2D eigenvalue weighted by atomic mass is 10.3. The van der Waals surface area contributed by atoms with E-state index in [2.05, 4.69) is 0 Å². The summed E-state index contributed by atoms with van der Waals surface area (Å²) in [5.74, 6) is 0.0201. The highest BCUT2D eigenvalue weighted by Crippen LogP contribution is 2.26.